The normalized spacial score (nSPS) is 8.71. The van der Waals surface area contributed by atoms with Crippen LogP contribution in [0.15, 0.2) is 6.33 Å². The van der Waals surface area contributed by atoms with Gasteiger partial charge in [-0.1, -0.05) is 0 Å². The highest BCUT2D eigenvalue weighted by atomic mass is 19.1. The molecule has 1 rings (SSSR count). The Balaban J connectivity index is 3.02. The van der Waals surface area contributed by atoms with E-state index in [1.165, 1.54) is 0 Å². The zero-order chi connectivity index (χ0) is 5.11. The molecule has 3 nitrogen and oxygen atoms in total. The molecule has 0 saturated carbocycles. The summed E-state index contributed by atoms with van der Waals surface area (Å²) >= 11 is 0. The fraction of sp³-hybridized carbons (Fsp3) is 0. The van der Waals surface area contributed by atoms with Gasteiger partial charge in [0.05, 0.1) is 0 Å². The number of hydrogen-bond acceptors (Lipinski definition) is 3. The summed E-state index contributed by atoms with van der Waals surface area (Å²) in [5.74, 6) is -0.727. The van der Waals surface area contributed by atoms with Crippen molar-refractivity contribution in [2.75, 3.05) is 0 Å². The van der Waals surface area contributed by atoms with Crippen molar-refractivity contribution in [1.82, 2.24) is 15.2 Å². The van der Waals surface area contributed by atoms with Crippen molar-refractivity contribution in [3.63, 3.8) is 0 Å². The number of nitrogens with zero attached hydrogens (tertiary/aromatic N) is 3. The Morgan fingerprint density at radius 1 is 1.71 bits per heavy atom. The molecule has 35 valence electrons. The first-order valence-electron chi connectivity index (χ1n) is 1.60. The van der Waals surface area contributed by atoms with Gasteiger partial charge in [-0.05, 0) is 0 Å². The topological polar surface area (TPSA) is 38.7 Å². The van der Waals surface area contributed by atoms with Crippen molar-refractivity contribution < 1.29 is 4.39 Å². The van der Waals surface area contributed by atoms with Crippen molar-refractivity contribution in [3.8, 4) is 0 Å². The van der Waals surface area contributed by atoms with Gasteiger partial charge < -0.3 is 0 Å². The average Bonchev–Trinajstić information content (AvgIpc) is 1.69. The summed E-state index contributed by atoms with van der Waals surface area (Å²) in [5.41, 5.74) is 0. The molecule has 0 aliphatic rings. The van der Waals surface area contributed by atoms with Crippen molar-refractivity contribution >= 4 is 0 Å². The third-order valence-corrected chi connectivity index (χ3v) is 0.423. The Kier molecular flexibility index (Phi) is 0.934. The van der Waals surface area contributed by atoms with Crippen molar-refractivity contribution in [2.45, 2.75) is 0 Å². The SMILES string of the molecule is Fc1[c]nncn1. The van der Waals surface area contributed by atoms with Crippen molar-refractivity contribution in [1.29, 1.82) is 0 Å². The van der Waals surface area contributed by atoms with Crippen LogP contribution in [0.2, 0.25) is 0 Å². The standard InChI is InChI=1S/C3HFN3/c4-3-1-6-7-2-5-3/h2H. The number of hydrogen-bond donors (Lipinski definition) is 0. The molecule has 7 heavy (non-hydrogen) atoms. The molecular formula is C3HFN3. The zero-order valence-corrected chi connectivity index (χ0v) is 3.30. The first-order chi connectivity index (χ1) is 3.39. The fourth-order valence-electron chi connectivity index (χ4n) is 0.201. The Morgan fingerprint density at radius 2 is 2.57 bits per heavy atom. The van der Waals surface area contributed by atoms with Crippen LogP contribution in [0.25, 0.3) is 0 Å². The van der Waals surface area contributed by atoms with Crippen LogP contribution in [0.1, 0.15) is 0 Å². The monoisotopic (exact) mass is 98.0 g/mol. The molecule has 0 spiro atoms. The summed E-state index contributed by atoms with van der Waals surface area (Å²) in [5, 5.41) is 6.26. The molecule has 0 unspecified atom stereocenters. The molecule has 0 aromatic carbocycles. The largest absolute Gasteiger partial charge is 0.244 e. The molecular weight excluding hydrogens is 97.1 g/mol. The number of rotatable bonds is 0. The molecule has 0 amide bonds. The zero-order valence-electron chi connectivity index (χ0n) is 3.30. The second-order valence-corrected chi connectivity index (χ2v) is 0.863. The van der Waals surface area contributed by atoms with E-state index in [4.69, 9.17) is 0 Å². The first kappa shape index (κ1) is 4.11. The van der Waals surface area contributed by atoms with E-state index < -0.39 is 5.95 Å². The summed E-state index contributed by atoms with van der Waals surface area (Å²) < 4.78 is 11.6. The van der Waals surface area contributed by atoms with Crippen LogP contribution >= 0.6 is 0 Å². The lowest BCUT2D eigenvalue weighted by Gasteiger charge is -1.75. The van der Waals surface area contributed by atoms with Crippen LogP contribution in [0.5, 0.6) is 0 Å². The second kappa shape index (κ2) is 1.59. The molecule has 1 radical (unpaired) electrons. The number of aromatic nitrogens is 3. The third-order valence-electron chi connectivity index (χ3n) is 0.423. The summed E-state index contributed by atoms with van der Waals surface area (Å²) in [4.78, 5) is 3.08. The van der Waals surface area contributed by atoms with E-state index in [1.807, 2.05) is 6.20 Å². The van der Waals surface area contributed by atoms with Gasteiger partial charge in [0.2, 0.25) is 5.95 Å². The van der Waals surface area contributed by atoms with E-state index in [9.17, 15) is 4.39 Å². The molecule has 0 saturated heterocycles. The molecule has 0 atom stereocenters. The molecule has 1 aromatic rings. The minimum absolute atomic E-state index is 0.727. The van der Waals surface area contributed by atoms with Gasteiger partial charge in [-0.3, -0.25) is 0 Å². The summed E-state index contributed by atoms with van der Waals surface area (Å²) in [7, 11) is 0. The molecule has 0 fully saturated rings. The van der Waals surface area contributed by atoms with E-state index in [1.54, 1.807) is 0 Å². The van der Waals surface area contributed by atoms with Gasteiger partial charge in [0.15, 0.2) is 6.20 Å². The van der Waals surface area contributed by atoms with Crippen LogP contribution in [0.4, 0.5) is 4.39 Å². The molecule has 0 aliphatic carbocycles. The van der Waals surface area contributed by atoms with E-state index in [0.717, 1.165) is 6.33 Å². The molecule has 1 aromatic heterocycles. The summed E-state index contributed by atoms with van der Waals surface area (Å²) in [6.07, 6.45) is 2.91. The van der Waals surface area contributed by atoms with Gasteiger partial charge >= 0.3 is 0 Å². The summed E-state index contributed by atoms with van der Waals surface area (Å²) in [6, 6.07) is 0. The minimum atomic E-state index is -0.727. The third kappa shape index (κ3) is 0.887. The number of halogens is 1. The molecule has 0 bridgehead atoms. The fourth-order valence-corrected chi connectivity index (χ4v) is 0.201. The van der Waals surface area contributed by atoms with E-state index in [0.29, 0.717) is 0 Å². The lowest BCUT2D eigenvalue weighted by molar-refractivity contribution is 0.563. The second-order valence-electron chi connectivity index (χ2n) is 0.863. The van der Waals surface area contributed by atoms with E-state index >= 15 is 0 Å². The van der Waals surface area contributed by atoms with Crippen molar-refractivity contribution in [3.05, 3.63) is 18.5 Å². The maximum absolute atomic E-state index is 11.6. The van der Waals surface area contributed by atoms with Crippen LogP contribution in [0.3, 0.4) is 0 Å². The maximum atomic E-state index is 11.6. The van der Waals surface area contributed by atoms with Gasteiger partial charge in [0.25, 0.3) is 0 Å². The van der Waals surface area contributed by atoms with Gasteiger partial charge in [0.1, 0.15) is 6.33 Å². The maximum Gasteiger partial charge on any atom is 0.244 e. The van der Waals surface area contributed by atoms with Crippen LogP contribution in [-0.2, 0) is 0 Å². The minimum Gasteiger partial charge on any atom is -0.204 e. The highest BCUT2D eigenvalue weighted by molar-refractivity contribution is 4.63. The average molecular weight is 98.1 g/mol. The van der Waals surface area contributed by atoms with Crippen LogP contribution in [0, 0.1) is 12.1 Å². The van der Waals surface area contributed by atoms with Gasteiger partial charge in [0, 0.05) is 0 Å². The Bertz CT molecular complexity index is 140. The molecule has 1 heterocycles. The molecule has 0 aliphatic heterocycles. The predicted molar refractivity (Wildman–Crippen MR) is 18.6 cm³/mol. The molecule has 4 heteroatoms. The first-order valence-corrected chi connectivity index (χ1v) is 1.60. The van der Waals surface area contributed by atoms with E-state index in [2.05, 4.69) is 15.2 Å². The highest BCUT2D eigenvalue weighted by Crippen LogP contribution is 1.77. The Labute approximate surface area is 39.2 Å². The van der Waals surface area contributed by atoms with Crippen LogP contribution < -0.4 is 0 Å². The van der Waals surface area contributed by atoms with Gasteiger partial charge in [-0.2, -0.15) is 4.39 Å². The predicted octanol–water partition coefficient (Wildman–Crippen LogP) is -0.189. The molecule has 0 N–H and O–H groups in total. The lowest BCUT2D eigenvalue weighted by atomic mass is 10.9. The van der Waals surface area contributed by atoms with Gasteiger partial charge in [-0.15, -0.1) is 10.2 Å². The smallest absolute Gasteiger partial charge is 0.204 e. The summed E-state index contributed by atoms with van der Waals surface area (Å²) in [6.45, 7) is 0. The Morgan fingerprint density at radius 3 is 2.86 bits per heavy atom. The van der Waals surface area contributed by atoms with Crippen LogP contribution in [-0.4, -0.2) is 15.2 Å². The van der Waals surface area contributed by atoms with E-state index in [-0.39, 0.29) is 0 Å². The van der Waals surface area contributed by atoms with Crippen molar-refractivity contribution in [2.24, 2.45) is 0 Å². The highest BCUT2D eigenvalue weighted by Gasteiger charge is 1.83. The lowest BCUT2D eigenvalue weighted by Crippen LogP contribution is -1.85. The quantitative estimate of drug-likeness (QED) is 0.451. The Hall–Kier alpha value is -1.06. The van der Waals surface area contributed by atoms with Gasteiger partial charge in [-0.25, -0.2) is 4.98 Å².